The van der Waals surface area contributed by atoms with E-state index in [0.29, 0.717) is 33.8 Å². The van der Waals surface area contributed by atoms with Crippen molar-refractivity contribution < 1.29 is 24.2 Å². The lowest BCUT2D eigenvalue weighted by molar-refractivity contribution is -0.161. The van der Waals surface area contributed by atoms with Gasteiger partial charge in [-0.25, -0.2) is 14.3 Å². The van der Waals surface area contributed by atoms with E-state index in [-0.39, 0.29) is 36.8 Å². The highest BCUT2D eigenvalue weighted by Crippen LogP contribution is 2.45. The van der Waals surface area contributed by atoms with Gasteiger partial charge in [-0.2, -0.15) is 5.10 Å². The summed E-state index contributed by atoms with van der Waals surface area (Å²) >= 11 is 0. The molecule has 0 aliphatic carbocycles. The van der Waals surface area contributed by atoms with Crippen molar-refractivity contribution in [3.8, 4) is 22.6 Å². The van der Waals surface area contributed by atoms with E-state index in [2.05, 4.69) is 16.7 Å². The standard InChI is InChI=1S/C30H29N5O5/c1-4-19(29(37)38)15-23-25(20-11-13-22(14-12-20)40-21-9-7-6-8-10-21)26-28(31)32-18-33-35(26)27(23)30(39-3)16-34(17-30)24(36)5-2/h5-15,18H,2,4,16-17H2,1,3H3,(H,37,38)(H2,31,32,33). The van der Waals surface area contributed by atoms with Crippen molar-refractivity contribution in [2.75, 3.05) is 25.9 Å². The number of hydrogen-bond donors (Lipinski definition) is 2. The Hall–Kier alpha value is -4.96. The van der Waals surface area contributed by atoms with Crippen LogP contribution in [0.4, 0.5) is 5.82 Å². The van der Waals surface area contributed by atoms with Crippen LogP contribution in [-0.4, -0.2) is 56.7 Å². The number of carbonyl (C=O) groups excluding carboxylic acids is 1. The lowest BCUT2D eigenvalue weighted by Gasteiger charge is -2.48. The third kappa shape index (κ3) is 4.58. The van der Waals surface area contributed by atoms with Gasteiger partial charge in [0.15, 0.2) is 5.82 Å². The summed E-state index contributed by atoms with van der Waals surface area (Å²) < 4.78 is 13.6. The van der Waals surface area contributed by atoms with Gasteiger partial charge in [0.1, 0.15) is 28.9 Å². The maximum atomic E-state index is 12.3. The van der Waals surface area contributed by atoms with Gasteiger partial charge in [-0.3, -0.25) is 4.79 Å². The van der Waals surface area contributed by atoms with E-state index in [1.54, 1.807) is 29.5 Å². The molecule has 1 fully saturated rings. The molecule has 2 aromatic carbocycles. The summed E-state index contributed by atoms with van der Waals surface area (Å²) in [6.45, 7) is 5.80. The Morgan fingerprint density at radius 3 is 2.40 bits per heavy atom. The number of nitrogens with zero attached hydrogens (tertiary/aromatic N) is 4. The van der Waals surface area contributed by atoms with E-state index >= 15 is 0 Å². The summed E-state index contributed by atoms with van der Waals surface area (Å²) in [5.41, 5.74) is 8.71. The number of likely N-dealkylation sites (tertiary alicyclic amines) is 1. The van der Waals surface area contributed by atoms with Crippen molar-refractivity contribution in [1.82, 2.24) is 19.5 Å². The zero-order valence-corrected chi connectivity index (χ0v) is 22.2. The van der Waals surface area contributed by atoms with Gasteiger partial charge in [-0.15, -0.1) is 0 Å². The number of aliphatic carboxylic acids is 1. The minimum Gasteiger partial charge on any atom is -0.478 e. The molecule has 0 unspecified atom stereocenters. The molecule has 1 saturated heterocycles. The Kier molecular flexibility index (Phi) is 7.10. The fraction of sp³-hybridized carbons (Fsp3) is 0.200. The van der Waals surface area contributed by atoms with Gasteiger partial charge in [-0.1, -0.05) is 43.8 Å². The number of hydrogen-bond acceptors (Lipinski definition) is 7. The predicted molar refractivity (Wildman–Crippen MR) is 151 cm³/mol. The Morgan fingerprint density at radius 1 is 1.12 bits per heavy atom. The zero-order valence-electron chi connectivity index (χ0n) is 22.2. The smallest absolute Gasteiger partial charge is 0.331 e. The molecule has 3 N–H and O–H groups in total. The quantitative estimate of drug-likeness (QED) is 0.297. The van der Waals surface area contributed by atoms with Gasteiger partial charge in [0.25, 0.3) is 0 Å². The van der Waals surface area contributed by atoms with Crippen LogP contribution in [0.2, 0.25) is 0 Å². The number of aromatic nitrogens is 3. The van der Waals surface area contributed by atoms with Crippen LogP contribution in [0.15, 0.2) is 79.2 Å². The number of rotatable bonds is 9. The first-order chi connectivity index (χ1) is 19.3. The van der Waals surface area contributed by atoms with E-state index in [9.17, 15) is 14.7 Å². The van der Waals surface area contributed by atoms with Crippen molar-refractivity contribution >= 4 is 29.3 Å². The molecule has 0 radical (unpaired) electrons. The molecule has 4 aromatic rings. The monoisotopic (exact) mass is 539 g/mol. The minimum atomic E-state index is -1.04. The molecule has 0 saturated carbocycles. The molecule has 10 nitrogen and oxygen atoms in total. The second-order valence-corrected chi connectivity index (χ2v) is 9.41. The molecule has 3 heterocycles. The summed E-state index contributed by atoms with van der Waals surface area (Å²) in [5, 5.41) is 14.4. The summed E-state index contributed by atoms with van der Waals surface area (Å²) in [6, 6.07) is 16.8. The molecule has 1 aliphatic heterocycles. The summed E-state index contributed by atoms with van der Waals surface area (Å²) in [6.07, 6.45) is 4.51. The van der Waals surface area contributed by atoms with E-state index in [1.807, 2.05) is 54.6 Å². The zero-order chi connectivity index (χ0) is 28.4. The van der Waals surface area contributed by atoms with Gasteiger partial charge in [0, 0.05) is 23.8 Å². The van der Waals surface area contributed by atoms with Gasteiger partial charge in [0.2, 0.25) is 5.91 Å². The lowest BCUT2D eigenvalue weighted by Crippen LogP contribution is -2.62. The van der Waals surface area contributed by atoms with Crippen LogP contribution in [0.1, 0.15) is 24.6 Å². The molecule has 0 spiro atoms. The largest absolute Gasteiger partial charge is 0.478 e. The van der Waals surface area contributed by atoms with Crippen LogP contribution in [0.3, 0.4) is 0 Å². The SMILES string of the molecule is C=CC(=O)N1CC(OC)(c2c(C=C(CC)C(=O)O)c(-c3ccc(Oc4ccccc4)cc3)c3c(N)ncnn23)C1. The average Bonchev–Trinajstić information content (AvgIpc) is 3.27. The summed E-state index contributed by atoms with van der Waals surface area (Å²) in [4.78, 5) is 30.3. The number of amides is 1. The second-order valence-electron chi connectivity index (χ2n) is 9.41. The molecule has 0 atom stereocenters. The fourth-order valence-corrected chi connectivity index (χ4v) is 5.04. The summed E-state index contributed by atoms with van der Waals surface area (Å²) in [7, 11) is 1.56. The lowest BCUT2D eigenvalue weighted by atomic mass is 9.85. The van der Waals surface area contributed by atoms with Crippen molar-refractivity contribution in [2.45, 2.75) is 18.9 Å². The molecule has 204 valence electrons. The van der Waals surface area contributed by atoms with Crippen LogP contribution >= 0.6 is 0 Å². The van der Waals surface area contributed by atoms with Crippen LogP contribution in [0, 0.1) is 0 Å². The molecule has 0 bridgehead atoms. The molecule has 1 aliphatic rings. The topological polar surface area (TPSA) is 132 Å². The number of carboxylic acids is 1. The maximum absolute atomic E-state index is 12.3. The number of nitrogen functional groups attached to an aromatic ring is 1. The molecule has 2 aromatic heterocycles. The van der Waals surface area contributed by atoms with Crippen LogP contribution in [0.5, 0.6) is 11.5 Å². The minimum absolute atomic E-state index is 0.193. The first kappa shape index (κ1) is 26.6. The first-order valence-corrected chi connectivity index (χ1v) is 12.7. The van der Waals surface area contributed by atoms with Crippen molar-refractivity contribution in [3.63, 3.8) is 0 Å². The normalized spacial score (nSPS) is 14.6. The van der Waals surface area contributed by atoms with E-state index < -0.39 is 11.6 Å². The summed E-state index contributed by atoms with van der Waals surface area (Å²) in [5.74, 6) is 0.282. The third-order valence-electron chi connectivity index (χ3n) is 7.09. The van der Waals surface area contributed by atoms with E-state index in [0.717, 1.165) is 5.56 Å². The number of carboxylic acid groups (broad SMARTS) is 1. The van der Waals surface area contributed by atoms with E-state index in [4.69, 9.17) is 15.2 Å². The Bertz CT molecular complexity index is 1620. The molecule has 1 amide bonds. The number of anilines is 1. The van der Waals surface area contributed by atoms with Crippen molar-refractivity contribution in [1.29, 1.82) is 0 Å². The highest BCUT2D eigenvalue weighted by Gasteiger charge is 2.50. The number of fused-ring (bicyclic) bond motifs is 1. The highest BCUT2D eigenvalue weighted by molar-refractivity contribution is 6.00. The van der Waals surface area contributed by atoms with E-state index in [1.165, 1.54) is 12.4 Å². The number of para-hydroxylation sites is 1. The molecule has 5 rings (SSSR count). The molecular formula is C30H29N5O5. The molecule has 10 heteroatoms. The number of benzene rings is 2. The second kappa shape index (κ2) is 10.7. The molecular weight excluding hydrogens is 510 g/mol. The fourth-order valence-electron chi connectivity index (χ4n) is 5.04. The first-order valence-electron chi connectivity index (χ1n) is 12.7. The average molecular weight is 540 g/mol. The Labute approximate surface area is 231 Å². The Balaban J connectivity index is 1.73. The van der Waals surface area contributed by atoms with Gasteiger partial charge in [-0.05, 0) is 48.4 Å². The number of carbonyl (C=O) groups is 2. The third-order valence-corrected chi connectivity index (χ3v) is 7.09. The predicted octanol–water partition coefficient (Wildman–Crippen LogP) is 4.52. The van der Waals surface area contributed by atoms with Gasteiger partial charge in [0.05, 0.1) is 18.8 Å². The van der Waals surface area contributed by atoms with Crippen LogP contribution < -0.4 is 10.5 Å². The number of nitrogens with two attached hydrogens (primary N) is 1. The molecule has 40 heavy (non-hydrogen) atoms. The number of methoxy groups -OCH3 is 1. The number of ether oxygens (including phenoxy) is 2. The van der Waals surface area contributed by atoms with Gasteiger partial charge < -0.3 is 25.2 Å². The van der Waals surface area contributed by atoms with Crippen molar-refractivity contribution in [2.24, 2.45) is 0 Å². The Morgan fingerprint density at radius 2 is 1.80 bits per heavy atom. The van der Waals surface area contributed by atoms with Crippen molar-refractivity contribution in [3.05, 3.63) is 90.4 Å². The highest BCUT2D eigenvalue weighted by atomic mass is 16.5. The van der Waals surface area contributed by atoms with Crippen LogP contribution in [-0.2, 0) is 19.9 Å². The van der Waals surface area contributed by atoms with Gasteiger partial charge >= 0.3 is 5.97 Å². The van der Waals surface area contributed by atoms with Crippen LogP contribution in [0.25, 0.3) is 22.7 Å². The maximum Gasteiger partial charge on any atom is 0.331 e.